The Kier molecular flexibility index (Phi) is 11.7. The number of anilines is 2. The lowest BCUT2D eigenvalue weighted by atomic mass is 9.89. The summed E-state index contributed by atoms with van der Waals surface area (Å²) in [7, 11) is 1.34. The van der Waals surface area contributed by atoms with Crippen molar-refractivity contribution in [1.82, 2.24) is 9.80 Å². The topological polar surface area (TPSA) is 70.2 Å². The van der Waals surface area contributed by atoms with Crippen LogP contribution in [0.15, 0.2) is 60.7 Å². The van der Waals surface area contributed by atoms with Crippen LogP contribution >= 0.6 is 0 Å². The fraction of sp³-hybridized carbons (Fsp3) is 0.516. The first kappa shape index (κ1) is 29.2. The van der Waals surface area contributed by atoms with Crippen molar-refractivity contribution in [2.24, 2.45) is 5.92 Å². The number of nitrogens with zero attached hydrogens (tertiary/aromatic N) is 3. The summed E-state index contributed by atoms with van der Waals surface area (Å²) < 4.78 is 5.13. The standard InChI is InChI=1S/C31H43N3O4/c1-4-6-14-21-32(22-15-7-5-2)29(35)25-20-23-33(28(24-25)30(36)38-3)31(37)34(26-16-10-8-11-17-26)27-18-12-9-13-19-27/h8-13,16-19,25,28H,4-7,14-15,20-24H2,1-3H3. The Balaban J connectivity index is 1.83. The van der Waals surface area contributed by atoms with Crippen molar-refractivity contribution < 1.29 is 19.1 Å². The molecule has 7 nitrogen and oxygen atoms in total. The van der Waals surface area contributed by atoms with Crippen LogP contribution in [-0.4, -0.2) is 60.5 Å². The lowest BCUT2D eigenvalue weighted by molar-refractivity contribution is -0.149. The van der Waals surface area contributed by atoms with Gasteiger partial charge in [0.1, 0.15) is 6.04 Å². The van der Waals surface area contributed by atoms with Gasteiger partial charge in [-0.1, -0.05) is 75.9 Å². The maximum Gasteiger partial charge on any atom is 0.329 e. The van der Waals surface area contributed by atoms with E-state index in [1.54, 1.807) is 9.80 Å². The van der Waals surface area contributed by atoms with Gasteiger partial charge in [-0.05, 0) is 49.9 Å². The van der Waals surface area contributed by atoms with Gasteiger partial charge >= 0.3 is 12.0 Å². The van der Waals surface area contributed by atoms with Crippen LogP contribution in [0.1, 0.15) is 65.2 Å². The van der Waals surface area contributed by atoms with Gasteiger partial charge in [0, 0.05) is 25.6 Å². The molecule has 2 aromatic rings. The number of carbonyl (C=O) groups is 3. The molecule has 1 fully saturated rings. The molecular formula is C31H43N3O4. The minimum Gasteiger partial charge on any atom is -0.467 e. The smallest absolute Gasteiger partial charge is 0.329 e. The third-order valence-corrected chi connectivity index (χ3v) is 7.27. The predicted octanol–water partition coefficient (Wildman–Crippen LogP) is 6.41. The second-order valence-electron chi connectivity index (χ2n) is 9.98. The summed E-state index contributed by atoms with van der Waals surface area (Å²) in [5.74, 6) is -0.699. The molecule has 0 aromatic heterocycles. The van der Waals surface area contributed by atoms with Crippen LogP contribution in [0, 0.1) is 5.92 Å². The Bertz CT molecular complexity index is 965. The highest BCUT2D eigenvalue weighted by Crippen LogP contribution is 2.32. The van der Waals surface area contributed by atoms with Crippen molar-refractivity contribution in [3.05, 3.63) is 60.7 Å². The first-order valence-electron chi connectivity index (χ1n) is 14.1. The zero-order chi connectivity index (χ0) is 27.3. The van der Waals surface area contributed by atoms with E-state index >= 15 is 0 Å². The Morgan fingerprint density at radius 3 is 1.84 bits per heavy atom. The number of hydrogen-bond donors (Lipinski definition) is 0. The van der Waals surface area contributed by atoms with E-state index in [1.165, 1.54) is 7.11 Å². The zero-order valence-electron chi connectivity index (χ0n) is 23.2. The van der Waals surface area contributed by atoms with E-state index in [0.717, 1.165) is 51.6 Å². The largest absolute Gasteiger partial charge is 0.467 e. The minimum absolute atomic E-state index is 0.0983. The number of unbranched alkanes of at least 4 members (excludes halogenated alkanes) is 4. The maximum atomic E-state index is 14.0. The maximum absolute atomic E-state index is 14.0. The average molecular weight is 522 g/mol. The number of carbonyl (C=O) groups excluding carboxylic acids is 3. The molecule has 3 amide bonds. The first-order chi connectivity index (χ1) is 18.5. The molecule has 2 aromatic carbocycles. The number of ether oxygens (including phenoxy) is 1. The molecule has 0 N–H and O–H groups in total. The van der Waals surface area contributed by atoms with E-state index in [4.69, 9.17) is 4.74 Å². The summed E-state index contributed by atoms with van der Waals surface area (Å²) in [4.78, 5) is 45.9. The van der Waals surface area contributed by atoms with Gasteiger partial charge in [-0.2, -0.15) is 0 Å². The number of amides is 3. The van der Waals surface area contributed by atoms with Crippen LogP contribution in [0.5, 0.6) is 0 Å². The lowest BCUT2D eigenvalue weighted by Crippen LogP contribution is -2.56. The summed E-state index contributed by atoms with van der Waals surface area (Å²) in [6.45, 7) is 6.11. The van der Waals surface area contributed by atoms with E-state index in [-0.39, 0.29) is 24.3 Å². The first-order valence-corrected chi connectivity index (χ1v) is 14.1. The Morgan fingerprint density at radius 1 is 0.842 bits per heavy atom. The van der Waals surface area contributed by atoms with Crippen molar-refractivity contribution in [2.45, 2.75) is 71.3 Å². The predicted molar refractivity (Wildman–Crippen MR) is 151 cm³/mol. The van der Waals surface area contributed by atoms with Gasteiger partial charge < -0.3 is 14.5 Å². The number of benzene rings is 2. The number of esters is 1. The molecule has 206 valence electrons. The van der Waals surface area contributed by atoms with E-state index < -0.39 is 12.0 Å². The van der Waals surface area contributed by atoms with Gasteiger partial charge in [0.2, 0.25) is 5.91 Å². The number of para-hydroxylation sites is 2. The number of piperidine rings is 1. The second-order valence-corrected chi connectivity index (χ2v) is 9.98. The third-order valence-electron chi connectivity index (χ3n) is 7.27. The van der Waals surface area contributed by atoms with Gasteiger partial charge in [-0.3, -0.25) is 9.69 Å². The number of rotatable bonds is 12. The monoisotopic (exact) mass is 521 g/mol. The summed E-state index contributed by atoms with van der Waals surface area (Å²) in [5.41, 5.74) is 1.42. The normalized spacial score (nSPS) is 17.1. The zero-order valence-corrected chi connectivity index (χ0v) is 23.2. The Hall–Kier alpha value is -3.35. The van der Waals surface area contributed by atoms with E-state index in [2.05, 4.69) is 13.8 Å². The summed E-state index contributed by atoms with van der Waals surface area (Å²) in [5, 5.41) is 0. The average Bonchev–Trinajstić information content (AvgIpc) is 2.96. The molecule has 38 heavy (non-hydrogen) atoms. The highest BCUT2D eigenvalue weighted by Gasteiger charge is 2.42. The molecule has 1 saturated heterocycles. The molecule has 7 heteroatoms. The summed E-state index contributed by atoms with van der Waals surface area (Å²) >= 11 is 0. The van der Waals surface area contributed by atoms with Crippen molar-refractivity contribution in [1.29, 1.82) is 0 Å². The van der Waals surface area contributed by atoms with Crippen molar-refractivity contribution in [2.75, 3.05) is 31.6 Å². The number of methoxy groups -OCH3 is 1. The van der Waals surface area contributed by atoms with Crippen molar-refractivity contribution in [3.8, 4) is 0 Å². The second kappa shape index (κ2) is 15.2. The number of hydrogen-bond acceptors (Lipinski definition) is 4. The van der Waals surface area contributed by atoms with Gasteiger partial charge in [-0.15, -0.1) is 0 Å². The molecule has 1 aliphatic rings. The minimum atomic E-state index is -0.821. The van der Waals surface area contributed by atoms with Gasteiger partial charge in [0.05, 0.1) is 18.5 Å². The Labute approximate surface area is 227 Å². The molecule has 0 saturated carbocycles. The van der Waals surface area contributed by atoms with Gasteiger partial charge in [0.25, 0.3) is 0 Å². The number of urea groups is 1. The fourth-order valence-electron chi connectivity index (χ4n) is 5.13. The van der Waals surface area contributed by atoms with Crippen LogP contribution in [0.25, 0.3) is 0 Å². The molecule has 2 unspecified atom stereocenters. The molecule has 0 spiro atoms. The van der Waals surface area contributed by atoms with Gasteiger partial charge in [0.15, 0.2) is 0 Å². The molecular weight excluding hydrogens is 478 g/mol. The molecule has 0 aliphatic carbocycles. The van der Waals surface area contributed by atoms with Gasteiger partial charge in [-0.25, -0.2) is 9.59 Å². The SMILES string of the molecule is CCCCCN(CCCCC)C(=O)C1CCN(C(=O)N(c2ccccc2)c2ccccc2)C(C(=O)OC)C1. The summed E-state index contributed by atoms with van der Waals surface area (Å²) in [6.07, 6.45) is 7.13. The van der Waals surface area contributed by atoms with Crippen LogP contribution in [-0.2, 0) is 14.3 Å². The molecule has 3 rings (SSSR count). The highest BCUT2D eigenvalue weighted by molar-refractivity contribution is 6.01. The molecule has 2 atom stereocenters. The molecule has 1 heterocycles. The van der Waals surface area contributed by atoms with E-state index in [0.29, 0.717) is 24.3 Å². The van der Waals surface area contributed by atoms with E-state index in [9.17, 15) is 14.4 Å². The molecule has 0 radical (unpaired) electrons. The summed E-state index contributed by atoms with van der Waals surface area (Å²) in [6, 6.07) is 17.7. The highest BCUT2D eigenvalue weighted by atomic mass is 16.5. The van der Waals surface area contributed by atoms with Crippen LogP contribution < -0.4 is 4.90 Å². The third kappa shape index (κ3) is 7.59. The van der Waals surface area contributed by atoms with Crippen LogP contribution in [0.2, 0.25) is 0 Å². The lowest BCUT2D eigenvalue weighted by Gasteiger charge is -2.41. The van der Waals surface area contributed by atoms with Crippen LogP contribution in [0.3, 0.4) is 0 Å². The van der Waals surface area contributed by atoms with Crippen molar-refractivity contribution >= 4 is 29.3 Å². The quantitative estimate of drug-likeness (QED) is 0.239. The molecule has 0 bridgehead atoms. The fourth-order valence-corrected chi connectivity index (χ4v) is 5.13. The Morgan fingerprint density at radius 2 is 1.37 bits per heavy atom. The number of likely N-dealkylation sites (tertiary alicyclic amines) is 1. The molecule has 1 aliphatic heterocycles. The van der Waals surface area contributed by atoms with E-state index in [1.807, 2.05) is 65.6 Å². The van der Waals surface area contributed by atoms with Crippen molar-refractivity contribution in [3.63, 3.8) is 0 Å². The van der Waals surface area contributed by atoms with Crippen LogP contribution in [0.4, 0.5) is 16.2 Å².